The minimum atomic E-state index is -0.0646. The van der Waals surface area contributed by atoms with Crippen molar-refractivity contribution in [3.63, 3.8) is 0 Å². The molecule has 2 aliphatic rings. The van der Waals surface area contributed by atoms with Gasteiger partial charge < -0.3 is 14.5 Å². The van der Waals surface area contributed by atoms with Crippen LogP contribution < -0.4 is 4.90 Å². The maximum Gasteiger partial charge on any atom is 0.249 e. The second-order valence-corrected chi connectivity index (χ2v) is 7.49. The van der Waals surface area contributed by atoms with Crippen molar-refractivity contribution in [2.24, 2.45) is 0 Å². The average Bonchev–Trinajstić information content (AvgIpc) is 3.19. The first-order valence-electron chi connectivity index (χ1n) is 9.98. The number of hydrogen-bond donors (Lipinski definition) is 0. The average molecular weight is 381 g/mol. The van der Waals surface area contributed by atoms with Crippen LogP contribution in [0.5, 0.6) is 0 Å². The molecule has 0 spiro atoms. The van der Waals surface area contributed by atoms with Gasteiger partial charge in [-0.3, -0.25) is 9.78 Å². The molecule has 1 fully saturated rings. The summed E-state index contributed by atoms with van der Waals surface area (Å²) in [5.41, 5.74) is 3.28. The molecule has 2 aromatic rings. The van der Waals surface area contributed by atoms with Crippen molar-refractivity contribution in [2.45, 2.75) is 45.2 Å². The fraction of sp³-hybridized carbons (Fsp3) is 0.524. The van der Waals surface area contributed by atoms with E-state index in [1.54, 1.807) is 7.11 Å². The van der Waals surface area contributed by atoms with E-state index in [0.29, 0.717) is 0 Å². The number of aryl methyl sites for hydroxylation is 1. The summed E-state index contributed by atoms with van der Waals surface area (Å²) in [6, 6.07) is 5.93. The third-order valence-electron chi connectivity index (χ3n) is 5.58. The predicted octanol–water partition coefficient (Wildman–Crippen LogP) is 2.44. The van der Waals surface area contributed by atoms with Crippen LogP contribution in [0.25, 0.3) is 0 Å². The first-order valence-corrected chi connectivity index (χ1v) is 9.98. The first kappa shape index (κ1) is 18.8. The van der Waals surface area contributed by atoms with Crippen LogP contribution in [0.4, 0.5) is 5.82 Å². The van der Waals surface area contributed by atoms with Crippen LogP contribution in [0.2, 0.25) is 0 Å². The summed E-state index contributed by atoms with van der Waals surface area (Å²) in [5.74, 6) is 1.77. The third kappa shape index (κ3) is 3.71. The van der Waals surface area contributed by atoms with Gasteiger partial charge in [0.05, 0.1) is 18.3 Å². The van der Waals surface area contributed by atoms with Gasteiger partial charge in [-0.2, -0.15) is 0 Å². The van der Waals surface area contributed by atoms with E-state index < -0.39 is 0 Å². The van der Waals surface area contributed by atoms with Gasteiger partial charge in [0.1, 0.15) is 12.4 Å². The summed E-state index contributed by atoms with van der Waals surface area (Å²) in [6.45, 7) is 4.60. The number of hydrogen-bond acceptors (Lipinski definition) is 6. The van der Waals surface area contributed by atoms with Crippen LogP contribution in [0.15, 0.2) is 24.4 Å². The smallest absolute Gasteiger partial charge is 0.249 e. The van der Waals surface area contributed by atoms with Crippen molar-refractivity contribution in [2.75, 3.05) is 31.7 Å². The molecule has 0 saturated carbocycles. The monoisotopic (exact) mass is 381 g/mol. The molecule has 0 radical (unpaired) electrons. The maximum atomic E-state index is 12.4. The van der Waals surface area contributed by atoms with E-state index in [1.165, 1.54) is 5.56 Å². The Morgan fingerprint density at radius 2 is 2.14 bits per heavy atom. The summed E-state index contributed by atoms with van der Waals surface area (Å²) in [6.07, 6.45) is 5.78. The minimum Gasteiger partial charge on any atom is -0.375 e. The molecule has 0 aliphatic carbocycles. The third-order valence-corrected chi connectivity index (χ3v) is 5.58. The number of rotatable bonds is 5. The molecule has 4 rings (SSSR count). The molecule has 28 heavy (non-hydrogen) atoms. The molecule has 0 N–H and O–H groups in total. The largest absolute Gasteiger partial charge is 0.375 e. The molecule has 7 nitrogen and oxygen atoms in total. The summed E-state index contributed by atoms with van der Waals surface area (Å²) in [4.78, 5) is 30.9. The molecular weight excluding hydrogens is 354 g/mol. The Morgan fingerprint density at radius 3 is 2.93 bits per heavy atom. The van der Waals surface area contributed by atoms with Crippen molar-refractivity contribution in [3.8, 4) is 0 Å². The lowest BCUT2D eigenvalue weighted by Gasteiger charge is -2.32. The van der Waals surface area contributed by atoms with Gasteiger partial charge in [0.15, 0.2) is 5.82 Å². The summed E-state index contributed by atoms with van der Waals surface area (Å²) >= 11 is 0. The van der Waals surface area contributed by atoms with Gasteiger partial charge in [0, 0.05) is 37.7 Å². The molecule has 7 heteroatoms. The minimum absolute atomic E-state index is 0.00863. The van der Waals surface area contributed by atoms with Gasteiger partial charge in [-0.1, -0.05) is 6.07 Å². The highest BCUT2D eigenvalue weighted by molar-refractivity contribution is 5.78. The molecule has 0 aromatic carbocycles. The number of carbonyl (C=O) groups excluding carboxylic acids is 1. The van der Waals surface area contributed by atoms with Crippen LogP contribution in [0, 0.1) is 6.92 Å². The number of carbonyl (C=O) groups is 1. The normalized spacial score (nSPS) is 19.0. The number of nitrogens with zero attached hydrogens (tertiary/aromatic N) is 5. The Labute approximate surface area is 165 Å². The van der Waals surface area contributed by atoms with E-state index in [4.69, 9.17) is 14.7 Å². The topological polar surface area (TPSA) is 71.5 Å². The van der Waals surface area contributed by atoms with Gasteiger partial charge in [0.25, 0.3) is 0 Å². The Morgan fingerprint density at radius 1 is 1.25 bits per heavy atom. The Kier molecular flexibility index (Phi) is 5.52. The van der Waals surface area contributed by atoms with Crippen LogP contribution in [0.1, 0.15) is 48.1 Å². The van der Waals surface area contributed by atoms with Crippen molar-refractivity contribution in [1.29, 1.82) is 0 Å². The predicted molar refractivity (Wildman–Crippen MR) is 106 cm³/mol. The standard InChI is InChI=1S/C21H27N5O2/c1-15-17-8-5-11-25(13-16-7-3-4-10-22-16)21(17)24-20(23-15)18-9-6-12-26(18)19(27)14-28-2/h3-4,7,10,18H,5-6,8-9,11-14H2,1-2H3/t18-/m0/s1. The quantitative estimate of drug-likeness (QED) is 0.792. The van der Waals surface area contributed by atoms with Gasteiger partial charge in [-0.05, 0) is 44.7 Å². The maximum absolute atomic E-state index is 12.4. The van der Waals surface area contributed by atoms with Crippen molar-refractivity contribution in [3.05, 3.63) is 47.2 Å². The number of methoxy groups -OCH3 is 1. The zero-order valence-electron chi connectivity index (χ0n) is 16.6. The number of pyridine rings is 1. The molecule has 1 saturated heterocycles. The van der Waals surface area contributed by atoms with E-state index in [-0.39, 0.29) is 18.6 Å². The zero-order valence-corrected chi connectivity index (χ0v) is 16.6. The zero-order chi connectivity index (χ0) is 19.5. The fourth-order valence-electron chi connectivity index (χ4n) is 4.24. The number of anilines is 1. The van der Waals surface area contributed by atoms with Gasteiger partial charge in [0.2, 0.25) is 5.91 Å². The number of aromatic nitrogens is 3. The molecule has 1 atom stereocenters. The van der Waals surface area contributed by atoms with Crippen molar-refractivity contribution in [1.82, 2.24) is 19.9 Å². The summed E-state index contributed by atoms with van der Waals surface area (Å²) < 4.78 is 5.05. The Balaban J connectivity index is 1.65. The van der Waals surface area contributed by atoms with E-state index in [2.05, 4.69) is 16.8 Å². The molecule has 0 unspecified atom stereocenters. The Bertz CT molecular complexity index is 842. The molecule has 1 amide bonds. The lowest BCUT2D eigenvalue weighted by Crippen LogP contribution is -2.35. The van der Waals surface area contributed by atoms with E-state index >= 15 is 0 Å². The highest BCUT2D eigenvalue weighted by Crippen LogP contribution is 2.34. The van der Waals surface area contributed by atoms with Gasteiger partial charge in [-0.25, -0.2) is 9.97 Å². The van der Waals surface area contributed by atoms with Gasteiger partial charge >= 0.3 is 0 Å². The molecule has 2 aliphatic heterocycles. The molecule has 2 aromatic heterocycles. The van der Waals surface area contributed by atoms with Crippen LogP contribution in [-0.4, -0.2) is 52.6 Å². The molecule has 0 bridgehead atoms. The van der Waals surface area contributed by atoms with Crippen molar-refractivity contribution < 1.29 is 9.53 Å². The van der Waals surface area contributed by atoms with Gasteiger partial charge in [-0.15, -0.1) is 0 Å². The van der Waals surface area contributed by atoms with Crippen molar-refractivity contribution >= 4 is 11.7 Å². The molecular formula is C21H27N5O2. The fourth-order valence-corrected chi connectivity index (χ4v) is 4.24. The number of ether oxygens (including phenoxy) is 1. The van der Waals surface area contributed by atoms with E-state index in [0.717, 1.165) is 68.3 Å². The lowest BCUT2D eigenvalue weighted by atomic mass is 10.0. The number of fused-ring (bicyclic) bond motifs is 1. The highest BCUT2D eigenvalue weighted by Gasteiger charge is 2.33. The number of amides is 1. The van der Waals surface area contributed by atoms with Crippen LogP contribution in [-0.2, 0) is 22.5 Å². The second-order valence-electron chi connectivity index (χ2n) is 7.49. The molecule has 4 heterocycles. The van der Waals surface area contributed by atoms with E-state index in [9.17, 15) is 4.79 Å². The van der Waals surface area contributed by atoms with Crippen LogP contribution >= 0.6 is 0 Å². The summed E-state index contributed by atoms with van der Waals surface area (Å²) in [7, 11) is 1.55. The first-order chi connectivity index (χ1) is 13.7. The van der Waals surface area contributed by atoms with E-state index in [1.807, 2.05) is 29.3 Å². The second kappa shape index (κ2) is 8.22. The summed E-state index contributed by atoms with van der Waals surface area (Å²) in [5, 5.41) is 0. The lowest BCUT2D eigenvalue weighted by molar-refractivity contribution is -0.136. The highest BCUT2D eigenvalue weighted by atomic mass is 16.5. The van der Waals surface area contributed by atoms with Crippen LogP contribution in [0.3, 0.4) is 0 Å². The number of likely N-dealkylation sites (tertiary alicyclic amines) is 1. The Hall–Kier alpha value is -2.54. The molecule has 148 valence electrons. The SMILES string of the molecule is COCC(=O)N1CCC[C@H]1c1nc(C)c2c(n1)N(Cc1ccccn1)CCC2.